The van der Waals surface area contributed by atoms with E-state index in [-0.39, 0.29) is 11.2 Å². The quantitative estimate of drug-likeness (QED) is 0.494. The summed E-state index contributed by atoms with van der Waals surface area (Å²) in [6.07, 6.45) is -2.97. The number of H-pyrrole nitrogens is 1. The predicted octanol–water partition coefficient (Wildman–Crippen LogP) is -2.15. The van der Waals surface area contributed by atoms with E-state index in [9.17, 15) is 20.3 Å². The molecule has 21 heavy (non-hydrogen) atoms. The van der Waals surface area contributed by atoms with Gasteiger partial charge < -0.3 is 25.0 Å². The molecule has 1 saturated heterocycles. The molecule has 2 aromatic rings. The van der Waals surface area contributed by atoms with Gasteiger partial charge in [-0.1, -0.05) is 0 Å². The standard InChI is InChI=1S/C12H12N4O5/c13-4-12(10(19)9(18)7(3-17)21-12)8-2-1-6-11(20)14-5-15-16(6)8/h1-2,5,7,9-10,17-19H,3H2,(H,14,15,20)/t7-,9-,10-,12+/m1/s1. The molecule has 1 aliphatic rings. The second-order valence-corrected chi connectivity index (χ2v) is 4.76. The number of aromatic amines is 1. The summed E-state index contributed by atoms with van der Waals surface area (Å²) in [7, 11) is 0. The summed E-state index contributed by atoms with van der Waals surface area (Å²) >= 11 is 0. The number of aromatic nitrogens is 3. The third-order valence-corrected chi connectivity index (χ3v) is 3.64. The number of rotatable bonds is 2. The molecule has 1 fully saturated rings. The Hall–Kier alpha value is -2.25. The largest absolute Gasteiger partial charge is 0.394 e. The third-order valence-electron chi connectivity index (χ3n) is 3.64. The van der Waals surface area contributed by atoms with Crippen molar-refractivity contribution in [2.45, 2.75) is 23.9 Å². The van der Waals surface area contributed by atoms with Crippen molar-refractivity contribution in [1.82, 2.24) is 14.6 Å². The van der Waals surface area contributed by atoms with Crippen LogP contribution in [0, 0.1) is 11.3 Å². The molecule has 0 saturated carbocycles. The number of hydrogen-bond acceptors (Lipinski definition) is 7. The maximum Gasteiger partial charge on any atom is 0.275 e. The first kappa shape index (κ1) is 13.7. The van der Waals surface area contributed by atoms with Crippen LogP contribution in [-0.2, 0) is 10.3 Å². The van der Waals surface area contributed by atoms with Crippen LogP contribution in [0.3, 0.4) is 0 Å². The van der Waals surface area contributed by atoms with Gasteiger partial charge in [-0.2, -0.15) is 10.4 Å². The number of hydrogen-bond donors (Lipinski definition) is 4. The van der Waals surface area contributed by atoms with Crippen molar-refractivity contribution in [2.75, 3.05) is 6.61 Å². The lowest BCUT2D eigenvalue weighted by Gasteiger charge is -2.23. The Morgan fingerprint density at radius 1 is 1.52 bits per heavy atom. The number of aliphatic hydroxyl groups excluding tert-OH is 3. The molecule has 0 amide bonds. The van der Waals surface area contributed by atoms with Gasteiger partial charge in [0, 0.05) is 0 Å². The van der Waals surface area contributed by atoms with Gasteiger partial charge in [0.1, 0.15) is 36.2 Å². The number of nitrogens with one attached hydrogen (secondary N) is 1. The topological polar surface area (TPSA) is 144 Å². The van der Waals surface area contributed by atoms with Crippen LogP contribution < -0.4 is 5.56 Å². The van der Waals surface area contributed by atoms with Gasteiger partial charge in [-0.3, -0.25) is 4.79 Å². The first-order chi connectivity index (χ1) is 10.0. The third kappa shape index (κ3) is 1.71. The highest BCUT2D eigenvalue weighted by Gasteiger charge is 2.57. The molecule has 0 aromatic carbocycles. The minimum atomic E-state index is -1.92. The van der Waals surface area contributed by atoms with E-state index in [0.717, 1.165) is 10.8 Å². The van der Waals surface area contributed by atoms with Crippen molar-refractivity contribution in [3.63, 3.8) is 0 Å². The molecule has 0 spiro atoms. The summed E-state index contributed by atoms with van der Waals surface area (Å²) in [4.78, 5) is 14.1. The van der Waals surface area contributed by atoms with Crippen LogP contribution in [0.15, 0.2) is 23.3 Å². The van der Waals surface area contributed by atoms with E-state index in [4.69, 9.17) is 9.84 Å². The van der Waals surface area contributed by atoms with Gasteiger partial charge in [0.25, 0.3) is 5.56 Å². The molecule has 3 rings (SSSR count). The Kier molecular flexibility index (Phi) is 3.03. The maximum atomic E-state index is 11.7. The zero-order valence-corrected chi connectivity index (χ0v) is 10.7. The first-order valence-corrected chi connectivity index (χ1v) is 6.17. The average Bonchev–Trinajstić information content (AvgIpc) is 3.03. The summed E-state index contributed by atoms with van der Waals surface area (Å²) in [5, 5.41) is 42.6. The molecular weight excluding hydrogens is 280 g/mol. The molecule has 4 atom stereocenters. The van der Waals surface area contributed by atoms with E-state index in [1.807, 2.05) is 6.07 Å². The molecule has 0 radical (unpaired) electrons. The van der Waals surface area contributed by atoms with Crippen molar-refractivity contribution >= 4 is 5.52 Å². The van der Waals surface area contributed by atoms with E-state index in [2.05, 4.69) is 10.1 Å². The summed E-state index contributed by atoms with van der Waals surface area (Å²) in [5.74, 6) is 0. The van der Waals surface area contributed by atoms with Crippen LogP contribution in [0.1, 0.15) is 5.69 Å². The van der Waals surface area contributed by atoms with Crippen molar-refractivity contribution in [3.05, 3.63) is 34.5 Å². The van der Waals surface area contributed by atoms with E-state index in [1.165, 1.54) is 12.1 Å². The molecular formula is C12H12N4O5. The highest BCUT2D eigenvalue weighted by molar-refractivity contribution is 5.49. The van der Waals surface area contributed by atoms with E-state index < -0.39 is 36.1 Å². The normalized spacial score (nSPS) is 32.4. The van der Waals surface area contributed by atoms with Crippen LogP contribution >= 0.6 is 0 Å². The summed E-state index contributed by atoms with van der Waals surface area (Å²) in [5.41, 5.74) is -2.07. The molecule has 9 nitrogen and oxygen atoms in total. The van der Waals surface area contributed by atoms with E-state index in [1.54, 1.807) is 0 Å². The monoisotopic (exact) mass is 292 g/mol. The molecule has 9 heteroatoms. The molecule has 110 valence electrons. The Morgan fingerprint density at radius 3 is 2.90 bits per heavy atom. The number of fused-ring (bicyclic) bond motifs is 1. The van der Waals surface area contributed by atoms with Crippen LogP contribution in [0.5, 0.6) is 0 Å². The SMILES string of the molecule is N#C[C@@]1(c2ccc3c(=O)[nH]cnn23)O[C@H](CO)[C@@H](O)[C@H]1O. The van der Waals surface area contributed by atoms with Gasteiger partial charge in [0.15, 0.2) is 0 Å². The minimum absolute atomic E-state index is 0.105. The summed E-state index contributed by atoms with van der Waals surface area (Å²) in [6.45, 7) is -0.557. The van der Waals surface area contributed by atoms with Crippen LogP contribution in [0.25, 0.3) is 5.52 Å². The van der Waals surface area contributed by atoms with E-state index in [0.29, 0.717) is 0 Å². The van der Waals surface area contributed by atoms with Crippen LogP contribution in [0.4, 0.5) is 0 Å². The maximum absolute atomic E-state index is 11.7. The number of nitriles is 1. The fourth-order valence-electron chi connectivity index (χ4n) is 2.55. The number of ether oxygens (including phenoxy) is 1. The molecule has 0 aliphatic carbocycles. The van der Waals surface area contributed by atoms with Gasteiger partial charge >= 0.3 is 0 Å². The van der Waals surface area contributed by atoms with Gasteiger partial charge in [0.05, 0.1) is 12.3 Å². The second kappa shape index (κ2) is 4.64. The van der Waals surface area contributed by atoms with Crippen molar-refractivity contribution in [1.29, 1.82) is 5.26 Å². The van der Waals surface area contributed by atoms with Crippen molar-refractivity contribution in [2.24, 2.45) is 0 Å². The van der Waals surface area contributed by atoms with Gasteiger partial charge in [-0.25, -0.2) is 4.52 Å². The molecule has 4 N–H and O–H groups in total. The number of nitrogens with zero attached hydrogens (tertiary/aromatic N) is 3. The van der Waals surface area contributed by atoms with Gasteiger partial charge in [0.2, 0.25) is 5.60 Å². The fourth-order valence-corrected chi connectivity index (χ4v) is 2.55. The Labute approximate surface area is 117 Å². The Bertz CT molecular complexity index is 778. The zero-order chi connectivity index (χ0) is 15.2. The highest BCUT2D eigenvalue weighted by Crippen LogP contribution is 2.39. The highest BCUT2D eigenvalue weighted by atomic mass is 16.6. The fraction of sp³-hybridized carbons (Fsp3) is 0.417. The number of aliphatic hydroxyl groups is 3. The van der Waals surface area contributed by atoms with E-state index >= 15 is 0 Å². The average molecular weight is 292 g/mol. The Balaban J connectivity index is 2.22. The molecule has 1 aliphatic heterocycles. The minimum Gasteiger partial charge on any atom is -0.394 e. The van der Waals surface area contributed by atoms with Crippen LogP contribution in [-0.4, -0.2) is 54.8 Å². The lowest BCUT2D eigenvalue weighted by molar-refractivity contribution is -0.0643. The smallest absolute Gasteiger partial charge is 0.275 e. The zero-order valence-electron chi connectivity index (χ0n) is 10.7. The predicted molar refractivity (Wildman–Crippen MR) is 67.1 cm³/mol. The lowest BCUT2D eigenvalue weighted by atomic mass is 9.92. The Morgan fingerprint density at radius 2 is 2.29 bits per heavy atom. The molecule has 0 unspecified atom stereocenters. The van der Waals surface area contributed by atoms with Crippen molar-refractivity contribution < 1.29 is 20.1 Å². The molecule has 3 heterocycles. The molecule has 2 aromatic heterocycles. The molecule has 0 bridgehead atoms. The summed E-state index contributed by atoms with van der Waals surface area (Å²) in [6, 6.07) is 4.66. The second-order valence-electron chi connectivity index (χ2n) is 4.76. The first-order valence-electron chi connectivity index (χ1n) is 6.17. The lowest BCUT2D eigenvalue weighted by Crippen LogP contribution is -2.41. The van der Waals surface area contributed by atoms with Crippen LogP contribution in [0.2, 0.25) is 0 Å². The van der Waals surface area contributed by atoms with Crippen molar-refractivity contribution in [3.8, 4) is 6.07 Å². The van der Waals surface area contributed by atoms with Gasteiger partial charge in [-0.15, -0.1) is 0 Å². The van der Waals surface area contributed by atoms with Gasteiger partial charge in [-0.05, 0) is 12.1 Å². The summed E-state index contributed by atoms with van der Waals surface area (Å²) < 4.78 is 6.54.